The minimum atomic E-state index is -0.784. The van der Waals surface area contributed by atoms with E-state index in [9.17, 15) is 13.6 Å². The summed E-state index contributed by atoms with van der Waals surface area (Å²) in [7, 11) is 0. The number of nitrogens with zero attached hydrogens (tertiary/aromatic N) is 2. The lowest BCUT2D eigenvalue weighted by Gasteiger charge is -2.46. The van der Waals surface area contributed by atoms with E-state index in [1.807, 2.05) is 0 Å². The number of piperazine rings is 1. The van der Waals surface area contributed by atoms with Gasteiger partial charge in [0.2, 0.25) is 0 Å². The molecule has 0 bridgehead atoms. The summed E-state index contributed by atoms with van der Waals surface area (Å²) >= 11 is 0. The Morgan fingerprint density at radius 3 is 2.52 bits per heavy atom. The quantitative estimate of drug-likeness (QED) is 0.884. The predicted octanol–water partition coefficient (Wildman–Crippen LogP) is 1.00. The van der Waals surface area contributed by atoms with Crippen molar-refractivity contribution in [1.29, 1.82) is 0 Å². The molecule has 6 heteroatoms. The average Bonchev–Trinajstić information content (AvgIpc) is 2.42. The molecule has 4 nitrogen and oxygen atoms in total. The van der Waals surface area contributed by atoms with Gasteiger partial charge in [-0.1, -0.05) is 0 Å². The molecule has 1 amide bonds. The van der Waals surface area contributed by atoms with Crippen LogP contribution in [-0.4, -0.2) is 61.0 Å². The Hall–Kier alpha value is -1.53. The molecule has 2 saturated heterocycles. The number of aryl methyl sites for hydroxylation is 1. The van der Waals surface area contributed by atoms with Crippen molar-refractivity contribution >= 4 is 5.91 Å². The first-order valence-corrected chi connectivity index (χ1v) is 7.26. The Balaban J connectivity index is 1.64. The highest BCUT2D eigenvalue weighted by molar-refractivity contribution is 5.95. The van der Waals surface area contributed by atoms with Crippen LogP contribution in [0.4, 0.5) is 8.78 Å². The van der Waals surface area contributed by atoms with E-state index in [1.54, 1.807) is 4.90 Å². The molecule has 21 heavy (non-hydrogen) atoms. The average molecular weight is 295 g/mol. The first-order valence-electron chi connectivity index (χ1n) is 7.26. The van der Waals surface area contributed by atoms with Crippen molar-refractivity contribution in [2.75, 3.05) is 39.3 Å². The summed E-state index contributed by atoms with van der Waals surface area (Å²) in [5, 5.41) is 3.29. The number of hydrogen-bond acceptors (Lipinski definition) is 3. The standard InChI is InChI=1S/C15H19F2N3O/c1-10-6-12(14(17)7-13(10)16)15(21)20-8-11(9-20)19-4-2-18-3-5-19/h6-7,11,18H,2-5,8-9H2,1H3. The van der Waals surface area contributed by atoms with Gasteiger partial charge < -0.3 is 10.2 Å². The highest BCUT2D eigenvalue weighted by Crippen LogP contribution is 2.21. The molecule has 2 fully saturated rings. The summed E-state index contributed by atoms with van der Waals surface area (Å²) in [6, 6.07) is 2.45. The van der Waals surface area contributed by atoms with Gasteiger partial charge in [-0.25, -0.2) is 8.78 Å². The van der Waals surface area contributed by atoms with Crippen molar-refractivity contribution in [3.05, 3.63) is 34.9 Å². The number of benzene rings is 1. The van der Waals surface area contributed by atoms with E-state index in [2.05, 4.69) is 10.2 Å². The van der Waals surface area contributed by atoms with Crippen molar-refractivity contribution in [2.45, 2.75) is 13.0 Å². The van der Waals surface area contributed by atoms with Crippen molar-refractivity contribution in [1.82, 2.24) is 15.1 Å². The normalized spacial score (nSPS) is 20.4. The highest BCUT2D eigenvalue weighted by Gasteiger charge is 2.36. The van der Waals surface area contributed by atoms with Crippen LogP contribution < -0.4 is 5.32 Å². The lowest BCUT2D eigenvalue weighted by atomic mass is 10.0. The third kappa shape index (κ3) is 2.78. The lowest BCUT2D eigenvalue weighted by molar-refractivity contribution is 0.0223. The fourth-order valence-corrected chi connectivity index (χ4v) is 2.89. The summed E-state index contributed by atoms with van der Waals surface area (Å²) in [5.41, 5.74) is 0.256. The molecule has 1 aromatic rings. The predicted molar refractivity (Wildman–Crippen MR) is 75.2 cm³/mol. The summed E-state index contributed by atoms with van der Waals surface area (Å²) in [4.78, 5) is 16.3. The Morgan fingerprint density at radius 1 is 1.19 bits per heavy atom. The topological polar surface area (TPSA) is 35.6 Å². The molecule has 0 spiro atoms. The minimum absolute atomic E-state index is 0.0346. The second-order valence-corrected chi connectivity index (χ2v) is 5.73. The van der Waals surface area contributed by atoms with E-state index in [-0.39, 0.29) is 11.5 Å². The second-order valence-electron chi connectivity index (χ2n) is 5.73. The largest absolute Gasteiger partial charge is 0.335 e. The summed E-state index contributed by atoms with van der Waals surface area (Å²) in [5.74, 6) is -1.75. The monoisotopic (exact) mass is 295 g/mol. The number of hydrogen-bond donors (Lipinski definition) is 1. The summed E-state index contributed by atoms with van der Waals surface area (Å²) in [6.07, 6.45) is 0. The van der Waals surface area contributed by atoms with Crippen molar-refractivity contribution in [3.8, 4) is 0 Å². The molecule has 114 valence electrons. The SMILES string of the molecule is Cc1cc(C(=O)N2CC(N3CCNCC3)C2)c(F)cc1F. The molecule has 0 saturated carbocycles. The van der Waals surface area contributed by atoms with Crippen LogP contribution in [0.5, 0.6) is 0 Å². The Bertz CT molecular complexity index is 552. The van der Waals surface area contributed by atoms with Crippen molar-refractivity contribution in [2.24, 2.45) is 0 Å². The van der Waals surface area contributed by atoms with Crippen molar-refractivity contribution < 1.29 is 13.6 Å². The fraction of sp³-hybridized carbons (Fsp3) is 0.533. The van der Waals surface area contributed by atoms with Gasteiger partial charge in [-0.3, -0.25) is 9.69 Å². The van der Waals surface area contributed by atoms with Crippen LogP contribution in [0.2, 0.25) is 0 Å². The van der Waals surface area contributed by atoms with Gasteiger partial charge >= 0.3 is 0 Å². The van der Waals surface area contributed by atoms with Crippen molar-refractivity contribution in [3.63, 3.8) is 0 Å². The van der Waals surface area contributed by atoms with E-state index in [0.717, 1.165) is 32.2 Å². The maximum atomic E-state index is 13.7. The van der Waals surface area contributed by atoms with Gasteiger partial charge in [-0.2, -0.15) is 0 Å². The molecular formula is C15H19F2N3O. The number of halogens is 2. The number of likely N-dealkylation sites (tertiary alicyclic amines) is 1. The zero-order valence-corrected chi connectivity index (χ0v) is 12.0. The first kappa shape index (κ1) is 14.4. The number of carbonyl (C=O) groups is 1. The minimum Gasteiger partial charge on any atom is -0.335 e. The molecule has 2 heterocycles. The van der Waals surface area contributed by atoms with E-state index in [0.29, 0.717) is 24.7 Å². The molecule has 3 rings (SSSR count). The summed E-state index contributed by atoms with van der Waals surface area (Å²) < 4.78 is 27.0. The van der Waals surface area contributed by atoms with Gasteiger partial charge in [0.15, 0.2) is 0 Å². The zero-order valence-electron chi connectivity index (χ0n) is 12.0. The first-order chi connectivity index (χ1) is 10.1. The maximum absolute atomic E-state index is 13.7. The van der Waals surface area contributed by atoms with Gasteiger partial charge in [-0.15, -0.1) is 0 Å². The Labute approximate surface area is 122 Å². The van der Waals surface area contributed by atoms with Crippen LogP contribution in [0, 0.1) is 18.6 Å². The maximum Gasteiger partial charge on any atom is 0.256 e. The van der Waals surface area contributed by atoms with Gasteiger partial charge in [-0.05, 0) is 18.6 Å². The third-order valence-electron chi connectivity index (χ3n) is 4.30. The van der Waals surface area contributed by atoms with Crippen LogP contribution >= 0.6 is 0 Å². The van der Waals surface area contributed by atoms with Crippen LogP contribution in [-0.2, 0) is 0 Å². The third-order valence-corrected chi connectivity index (χ3v) is 4.30. The van der Waals surface area contributed by atoms with Gasteiger partial charge in [0.25, 0.3) is 5.91 Å². The van der Waals surface area contributed by atoms with E-state index >= 15 is 0 Å². The van der Waals surface area contributed by atoms with Gasteiger partial charge in [0.1, 0.15) is 11.6 Å². The number of nitrogens with one attached hydrogen (secondary N) is 1. The van der Waals surface area contributed by atoms with E-state index in [4.69, 9.17) is 0 Å². The molecule has 2 aliphatic heterocycles. The van der Waals surface area contributed by atoms with E-state index < -0.39 is 11.6 Å². The Kier molecular flexibility index (Phi) is 3.91. The zero-order chi connectivity index (χ0) is 15.0. The summed E-state index contributed by atoms with van der Waals surface area (Å²) in [6.45, 7) is 6.68. The number of carbonyl (C=O) groups excluding carboxylic acids is 1. The molecule has 0 aromatic heterocycles. The van der Waals surface area contributed by atoms with Crippen LogP contribution in [0.1, 0.15) is 15.9 Å². The molecule has 0 aliphatic carbocycles. The number of rotatable bonds is 2. The molecule has 2 aliphatic rings. The van der Waals surface area contributed by atoms with E-state index in [1.165, 1.54) is 13.0 Å². The smallest absolute Gasteiger partial charge is 0.256 e. The van der Waals surface area contributed by atoms with Crippen LogP contribution in [0.15, 0.2) is 12.1 Å². The molecule has 0 radical (unpaired) electrons. The number of amides is 1. The van der Waals surface area contributed by atoms with Crippen LogP contribution in [0.25, 0.3) is 0 Å². The second kappa shape index (κ2) is 5.69. The molecular weight excluding hydrogens is 276 g/mol. The molecule has 0 unspecified atom stereocenters. The molecule has 1 aromatic carbocycles. The highest BCUT2D eigenvalue weighted by atomic mass is 19.1. The lowest BCUT2D eigenvalue weighted by Crippen LogP contribution is -2.63. The van der Waals surface area contributed by atoms with Gasteiger partial charge in [0.05, 0.1) is 5.56 Å². The Morgan fingerprint density at radius 2 is 1.86 bits per heavy atom. The molecule has 0 atom stereocenters. The van der Waals surface area contributed by atoms with Gasteiger partial charge in [0, 0.05) is 51.4 Å². The fourth-order valence-electron chi connectivity index (χ4n) is 2.89. The van der Waals surface area contributed by atoms with Crippen LogP contribution in [0.3, 0.4) is 0 Å². The molecule has 1 N–H and O–H groups in total.